The number of hydrogen-bond donors (Lipinski definition) is 6. The Bertz CT molecular complexity index is 927. The van der Waals surface area contributed by atoms with Crippen LogP contribution in [0.15, 0.2) is 30.3 Å². The molecule has 40 heavy (non-hydrogen) atoms. The number of hydrogen-bond acceptors (Lipinski definition) is 5. The standard InChI is InChI=1S/C25H40N4O4.C2HF3O2/c1-18(20-12-6-3-7-13-20)17-27-23(30)22(16-19-10-4-2-5-11-19)29-25(33)28-21(24(31)32)14-8-9-15-26;3-2(4,5)1(6)7/h3,6-7,12-13,18-19,21-22H,2,4-5,8-11,14-17,26H2,1H3,(H,27,30)(H,31,32)(H2,28,29,33);(H,6,7)/t18?,21-,22+;/m0./s1. The molecule has 13 heteroatoms. The molecule has 2 rings (SSSR count). The van der Waals surface area contributed by atoms with E-state index in [1.165, 1.54) is 6.42 Å². The fourth-order valence-electron chi connectivity index (χ4n) is 4.37. The highest BCUT2D eigenvalue weighted by atomic mass is 19.4. The summed E-state index contributed by atoms with van der Waals surface area (Å²) in [6, 6.07) is 7.62. The van der Waals surface area contributed by atoms with Crippen LogP contribution in [-0.4, -0.2) is 65.4 Å². The lowest BCUT2D eigenvalue weighted by atomic mass is 9.84. The molecule has 1 aliphatic carbocycles. The summed E-state index contributed by atoms with van der Waals surface area (Å²) in [5, 5.41) is 24.8. The number of rotatable bonds is 13. The van der Waals surface area contributed by atoms with Crippen molar-refractivity contribution in [3.05, 3.63) is 35.9 Å². The molecule has 0 bridgehead atoms. The fourth-order valence-corrected chi connectivity index (χ4v) is 4.37. The molecular weight excluding hydrogens is 533 g/mol. The lowest BCUT2D eigenvalue weighted by Crippen LogP contribution is -2.54. The molecule has 3 amide bonds. The van der Waals surface area contributed by atoms with Crippen LogP contribution in [0.3, 0.4) is 0 Å². The van der Waals surface area contributed by atoms with Crippen molar-refractivity contribution in [2.24, 2.45) is 11.7 Å². The van der Waals surface area contributed by atoms with Gasteiger partial charge < -0.3 is 31.9 Å². The zero-order chi connectivity index (χ0) is 30.1. The zero-order valence-electron chi connectivity index (χ0n) is 22.7. The van der Waals surface area contributed by atoms with Crippen molar-refractivity contribution in [2.75, 3.05) is 13.1 Å². The van der Waals surface area contributed by atoms with Crippen LogP contribution in [0.1, 0.15) is 76.2 Å². The van der Waals surface area contributed by atoms with Gasteiger partial charge in [0.1, 0.15) is 12.1 Å². The topological polar surface area (TPSA) is 171 Å². The minimum absolute atomic E-state index is 0.137. The van der Waals surface area contributed by atoms with Gasteiger partial charge in [0.25, 0.3) is 0 Å². The van der Waals surface area contributed by atoms with Gasteiger partial charge in [-0.25, -0.2) is 14.4 Å². The van der Waals surface area contributed by atoms with Crippen molar-refractivity contribution in [1.29, 1.82) is 0 Å². The minimum atomic E-state index is -5.08. The number of nitrogens with one attached hydrogen (secondary N) is 3. The first-order valence-electron chi connectivity index (χ1n) is 13.5. The number of unbranched alkanes of at least 4 members (excludes halogenated alkanes) is 1. The second-order valence-electron chi connectivity index (χ2n) is 9.95. The van der Waals surface area contributed by atoms with Gasteiger partial charge in [-0.15, -0.1) is 0 Å². The first-order valence-corrected chi connectivity index (χ1v) is 13.5. The van der Waals surface area contributed by atoms with Crippen LogP contribution < -0.4 is 21.7 Å². The predicted molar refractivity (Wildman–Crippen MR) is 143 cm³/mol. The molecule has 1 aromatic carbocycles. The quantitative estimate of drug-likeness (QED) is 0.195. The summed E-state index contributed by atoms with van der Waals surface area (Å²) in [4.78, 5) is 46.1. The van der Waals surface area contributed by atoms with E-state index in [4.69, 9.17) is 15.6 Å². The Morgan fingerprint density at radius 2 is 1.55 bits per heavy atom. The second-order valence-corrected chi connectivity index (χ2v) is 9.95. The number of benzene rings is 1. The van der Waals surface area contributed by atoms with Crippen molar-refractivity contribution in [1.82, 2.24) is 16.0 Å². The average Bonchev–Trinajstić information content (AvgIpc) is 2.91. The van der Waals surface area contributed by atoms with Crippen LogP contribution in [-0.2, 0) is 14.4 Å². The molecule has 0 heterocycles. The summed E-state index contributed by atoms with van der Waals surface area (Å²) < 4.78 is 31.7. The third-order valence-electron chi connectivity index (χ3n) is 6.66. The molecule has 7 N–H and O–H groups in total. The summed E-state index contributed by atoms with van der Waals surface area (Å²) in [5.74, 6) is -3.56. The summed E-state index contributed by atoms with van der Waals surface area (Å²) >= 11 is 0. The summed E-state index contributed by atoms with van der Waals surface area (Å²) in [7, 11) is 0. The highest BCUT2D eigenvalue weighted by Gasteiger charge is 2.38. The number of carboxylic acids is 2. The highest BCUT2D eigenvalue weighted by Crippen LogP contribution is 2.27. The summed E-state index contributed by atoms with van der Waals surface area (Å²) in [5.41, 5.74) is 6.61. The molecule has 3 atom stereocenters. The molecule has 0 radical (unpaired) electrons. The van der Waals surface area contributed by atoms with E-state index >= 15 is 0 Å². The molecule has 0 saturated heterocycles. The van der Waals surface area contributed by atoms with Crippen LogP contribution in [0, 0.1) is 5.92 Å². The Morgan fingerprint density at radius 3 is 2.08 bits per heavy atom. The second kappa shape index (κ2) is 18.1. The van der Waals surface area contributed by atoms with Crippen molar-refractivity contribution in [3.63, 3.8) is 0 Å². The van der Waals surface area contributed by atoms with E-state index in [2.05, 4.69) is 16.0 Å². The molecule has 10 nitrogen and oxygen atoms in total. The number of alkyl halides is 3. The van der Waals surface area contributed by atoms with Crippen LogP contribution in [0.25, 0.3) is 0 Å². The molecule has 1 aliphatic rings. The Labute approximate surface area is 232 Å². The predicted octanol–water partition coefficient (Wildman–Crippen LogP) is 3.76. The van der Waals surface area contributed by atoms with E-state index in [9.17, 15) is 32.7 Å². The number of amides is 3. The molecule has 1 saturated carbocycles. The molecule has 226 valence electrons. The Kier molecular flexibility index (Phi) is 15.7. The number of aliphatic carboxylic acids is 2. The smallest absolute Gasteiger partial charge is 0.480 e. The molecule has 0 aliphatic heterocycles. The van der Waals surface area contributed by atoms with Gasteiger partial charge in [0.05, 0.1) is 0 Å². The minimum Gasteiger partial charge on any atom is -0.480 e. The van der Waals surface area contributed by atoms with Gasteiger partial charge in [0, 0.05) is 6.54 Å². The van der Waals surface area contributed by atoms with Crippen LogP contribution in [0.4, 0.5) is 18.0 Å². The van der Waals surface area contributed by atoms with E-state index < -0.39 is 36.2 Å². The van der Waals surface area contributed by atoms with Gasteiger partial charge in [-0.1, -0.05) is 69.4 Å². The van der Waals surface area contributed by atoms with Crippen LogP contribution >= 0.6 is 0 Å². The maximum Gasteiger partial charge on any atom is 0.490 e. The highest BCUT2D eigenvalue weighted by molar-refractivity contribution is 5.88. The number of carboxylic acid groups (broad SMARTS) is 2. The first kappa shape index (κ1) is 34.7. The van der Waals surface area contributed by atoms with Gasteiger partial charge in [0.15, 0.2) is 0 Å². The van der Waals surface area contributed by atoms with E-state index in [1.807, 2.05) is 37.3 Å². The molecule has 1 fully saturated rings. The van der Waals surface area contributed by atoms with E-state index in [-0.39, 0.29) is 11.8 Å². The van der Waals surface area contributed by atoms with Crippen molar-refractivity contribution in [2.45, 2.75) is 88.9 Å². The van der Waals surface area contributed by atoms with Crippen molar-refractivity contribution in [3.8, 4) is 0 Å². The van der Waals surface area contributed by atoms with Gasteiger partial charge in [-0.05, 0) is 49.6 Å². The first-order chi connectivity index (χ1) is 18.8. The third kappa shape index (κ3) is 14.2. The van der Waals surface area contributed by atoms with Gasteiger partial charge >= 0.3 is 24.1 Å². The fraction of sp³-hybridized carbons (Fsp3) is 0.630. The van der Waals surface area contributed by atoms with Crippen molar-refractivity contribution >= 4 is 23.9 Å². The molecule has 0 aromatic heterocycles. The van der Waals surface area contributed by atoms with E-state index in [0.717, 1.165) is 31.2 Å². The van der Waals surface area contributed by atoms with Gasteiger partial charge in [0.2, 0.25) is 5.91 Å². The maximum absolute atomic E-state index is 13.0. The lowest BCUT2D eigenvalue weighted by Gasteiger charge is -2.27. The van der Waals surface area contributed by atoms with Crippen LogP contribution in [0.2, 0.25) is 0 Å². The Balaban J connectivity index is 0.00000101. The average molecular weight is 575 g/mol. The zero-order valence-corrected chi connectivity index (χ0v) is 22.7. The normalized spacial score (nSPS) is 15.9. The largest absolute Gasteiger partial charge is 0.490 e. The third-order valence-corrected chi connectivity index (χ3v) is 6.66. The molecular formula is C27H41F3N4O6. The van der Waals surface area contributed by atoms with Gasteiger partial charge in [-0.3, -0.25) is 4.79 Å². The lowest BCUT2D eigenvalue weighted by molar-refractivity contribution is -0.192. The Hall–Kier alpha value is -3.35. The van der Waals surface area contributed by atoms with E-state index in [1.54, 1.807) is 0 Å². The monoisotopic (exact) mass is 574 g/mol. The number of urea groups is 1. The molecule has 1 aromatic rings. The number of nitrogens with two attached hydrogens (primary N) is 1. The number of carbonyl (C=O) groups excluding carboxylic acids is 2. The summed E-state index contributed by atoms with van der Waals surface area (Å²) in [6.45, 7) is 2.98. The maximum atomic E-state index is 13.0. The molecule has 0 spiro atoms. The number of carbonyl (C=O) groups is 4. The molecule has 1 unspecified atom stereocenters. The van der Waals surface area contributed by atoms with Gasteiger partial charge in [-0.2, -0.15) is 13.2 Å². The SMILES string of the molecule is CC(CNC(=O)[C@@H](CC1CCCCC1)NC(=O)N[C@@H](CCCCN)C(=O)O)c1ccccc1.O=C(O)C(F)(F)F. The Morgan fingerprint density at radius 1 is 0.975 bits per heavy atom. The van der Waals surface area contributed by atoms with Crippen LogP contribution in [0.5, 0.6) is 0 Å². The van der Waals surface area contributed by atoms with Crippen molar-refractivity contribution < 1.29 is 42.6 Å². The number of halogens is 3. The summed E-state index contributed by atoms with van der Waals surface area (Å²) in [6.07, 6.45) is 2.65. The van der Waals surface area contributed by atoms with E-state index in [0.29, 0.717) is 44.7 Å².